The van der Waals surface area contributed by atoms with E-state index in [-0.39, 0.29) is 5.91 Å². The Morgan fingerprint density at radius 2 is 2.25 bits per heavy atom. The van der Waals surface area contributed by atoms with E-state index in [2.05, 4.69) is 10.6 Å². The number of carbonyl (C=O) groups is 1. The van der Waals surface area contributed by atoms with Crippen LogP contribution in [0, 0.1) is 0 Å². The predicted molar refractivity (Wildman–Crippen MR) is 80.1 cm³/mol. The molecule has 0 atom stereocenters. The maximum atomic E-state index is 11.6. The van der Waals surface area contributed by atoms with Crippen molar-refractivity contribution in [3.05, 3.63) is 28.8 Å². The van der Waals surface area contributed by atoms with E-state index in [0.29, 0.717) is 30.6 Å². The smallest absolute Gasteiger partial charge is 0.223 e. The van der Waals surface area contributed by atoms with Crippen molar-refractivity contribution < 1.29 is 9.53 Å². The number of ether oxygens (including phenoxy) is 1. The molecule has 0 unspecified atom stereocenters. The number of nitrogens with one attached hydrogen (secondary N) is 2. The molecule has 0 aliphatic heterocycles. The Bertz CT molecular complexity index is 461. The molecule has 0 bridgehead atoms. The quantitative estimate of drug-likeness (QED) is 0.775. The molecule has 1 aliphatic rings. The highest BCUT2D eigenvalue weighted by Crippen LogP contribution is 2.26. The van der Waals surface area contributed by atoms with Crippen LogP contribution in [0.5, 0.6) is 5.75 Å². The standard InChI is InChI=1S/C15H21ClN2O2/c1-2-17-10-12-13(16)4-3-5-14(12)20-9-8-15(19)18-11-6-7-11/h3-5,11,17H,2,6-10H2,1H3,(H,18,19). The van der Waals surface area contributed by atoms with Crippen LogP contribution in [0.4, 0.5) is 0 Å². The third-order valence-corrected chi connectivity index (χ3v) is 3.51. The van der Waals surface area contributed by atoms with Gasteiger partial charge in [0.15, 0.2) is 0 Å². The second kappa shape index (κ2) is 7.50. The van der Waals surface area contributed by atoms with Gasteiger partial charge in [0.2, 0.25) is 5.91 Å². The summed E-state index contributed by atoms with van der Waals surface area (Å²) in [6.45, 7) is 3.95. The van der Waals surface area contributed by atoms with Crippen molar-refractivity contribution in [3.63, 3.8) is 0 Å². The summed E-state index contributed by atoms with van der Waals surface area (Å²) in [5.74, 6) is 0.806. The Balaban J connectivity index is 1.84. The van der Waals surface area contributed by atoms with E-state index in [1.807, 2.05) is 25.1 Å². The van der Waals surface area contributed by atoms with Crippen molar-refractivity contribution in [1.29, 1.82) is 0 Å². The van der Waals surface area contributed by atoms with Gasteiger partial charge in [-0.15, -0.1) is 0 Å². The van der Waals surface area contributed by atoms with Gasteiger partial charge in [0.25, 0.3) is 0 Å². The third-order valence-electron chi connectivity index (χ3n) is 3.16. The van der Waals surface area contributed by atoms with E-state index in [4.69, 9.17) is 16.3 Å². The van der Waals surface area contributed by atoms with Gasteiger partial charge >= 0.3 is 0 Å². The maximum absolute atomic E-state index is 11.6. The Kier molecular flexibility index (Phi) is 5.68. The highest BCUT2D eigenvalue weighted by Gasteiger charge is 2.22. The number of carbonyl (C=O) groups excluding carboxylic acids is 1. The predicted octanol–water partition coefficient (Wildman–Crippen LogP) is 2.50. The number of rotatable bonds is 8. The van der Waals surface area contributed by atoms with Crippen LogP contribution in [0.15, 0.2) is 18.2 Å². The Hall–Kier alpha value is -1.26. The highest BCUT2D eigenvalue weighted by atomic mass is 35.5. The molecule has 1 amide bonds. The Morgan fingerprint density at radius 1 is 1.45 bits per heavy atom. The normalized spacial score (nSPS) is 14.1. The lowest BCUT2D eigenvalue weighted by Gasteiger charge is -2.13. The summed E-state index contributed by atoms with van der Waals surface area (Å²) in [4.78, 5) is 11.6. The zero-order valence-electron chi connectivity index (χ0n) is 11.7. The first-order valence-electron chi connectivity index (χ1n) is 7.11. The molecular weight excluding hydrogens is 276 g/mol. The van der Waals surface area contributed by atoms with Crippen molar-refractivity contribution in [3.8, 4) is 5.75 Å². The van der Waals surface area contributed by atoms with Crippen molar-refractivity contribution in [2.24, 2.45) is 0 Å². The summed E-state index contributed by atoms with van der Waals surface area (Å²) >= 11 is 6.18. The zero-order valence-corrected chi connectivity index (χ0v) is 12.5. The van der Waals surface area contributed by atoms with E-state index in [1.54, 1.807) is 0 Å². The van der Waals surface area contributed by atoms with Gasteiger partial charge in [-0.2, -0.15) is 0 Å². The average Bonchev–Trinajstić information content (AvgIpc) is 3.22. The van der Waals surface area contributed by atoms with Gasteiger partial charge in [-0.3, -0.25) is 4.79 Å². The molecule has 110 valence electrons. The second-order valence-electron chi connectivity index (χ2n) is 4.94. The monoisotopic (exact) mass is 296 g/mol. The van der Waals surface area contributed by atoms with Crippen LogP contribution in [-0.2, 0) is 11.3 Å². The lowest BCUT2D eigenvalue weighted by molar-refractivity contribution is -0.121. The molecule has 1 aliphatic carbocycles. The number of amides is 1. The molecule has 1 aromatic carbocycles. The first-order valence-corrected chi connectivity index (χ1v) is 7.48. The van der Waals surface area contributed by atoms with Crippen LogP contribution in [-0.4, -0.2) is 25.1 Å². The van der Waals surface area contributed by atoms with Crippen molar-refractivity contribution in [1.82, 2.24) is 10.6 Å². The lowest BCUT2D eigenvalue weighted by atomic mass is 10.2. The van der Waals surface area contributed by atoms with Crippen LogP contribution in [0.3, 0.4) is 0 Å². The summed E-state index contributed by atoms with van der Waals surface area (Å²) in [6.07, 6.45) is 2.59. The minimum atomic E-state index is 0.0581. The first kappa shape index (κ1) is 15.1. The van der Waals surface area contributed by atoms with Crippen molar-refractivity contribution in [2.75, 3.05) is 13.2 Å². The van der Waals surface area contributed by atoms with Gasteiger partial charge in [-0.05, 0) is 31.5 Å². The average molecular weight is 297 g/mol. The molecule has 0 saturated heterocycles. The van der Waals surface area contributed by atoms with E-state index >= 15 is 0 Å². The third kappa shape index (κ3) is 4.69. The molecule has 2 rings (SSSR count). The fourth-order valence-electron chi connectivity index (χ4n) is 1.88. The molecule has 1 fully saturated rings. The zero-order chi connectivity index (χ0) is 14.4. The molecule has 2 N–H and O–H groups in total. The van der Waals surface area contributed by atoms with Crippen LogP contribution in [0.2, 0.25) is 5.02 Å². The van der Waals surface area contributed by atoms with Crippen LogP contribution in [0.1, 0.15) is 31.7 Å². The van der Waals surface area contributed by atoms with Gasteiger partial charge in [-0.25, -0.2) is 0 Å². The van der Waals surface area contributed by atoms with E-state index in [0.717, 1.165) is 30.7 Å². The van der Waals surface area contributed by atoms with Crippen molar-refractivity contribution >= 4 is 17.5 Å². The summed E-state index contributed by atoms with van der Waals surface area (Å²) in [6, 6.07) is 5.99. The molecule has 20 heavy (non-hydrogen) atoms. The first-order chi connectivity index (χ1) is 9.70. The summed E-state index contributed by atoms with van der Waals surface area (Å²) in [7, 11) is 0. The van der Waals surface area contributed by atoms with Gasteiger partial charge in [0.05, 0.1) is 13.0 Å². The molecule has 0 radical (unpaired) electrons. The molecule has 0 aromatic heterocycles. The number of hydrogen-bond donors (Lipinski definition) is 2. The SMILES string of the molecule is CCNCc1c(Cl)cccc1OCCC(=O)NC1CC1. The van der Waals surface area contributed by atoms with Crippen LogP contribution < -0.4 is 15.4 Å². The Labute approximate surface area is 124 Å². The molecule has 0 spiro atoms. The summed E-state index contributed by atoms with van der Waals surface area (Å²) in [5.41, 5.74) is 0.943. The molecule has 5 heteroatoms. The lowest BCUT2D eigenvalue weighted by Crippen LogP contribution is -2.26. The number of hydrogen-bond acceptors (Lipinski definition) is 3. The minimum absolute atomic E-state index is 0.0581. The fourth-order valence-corrected chi connectivity index (χ4v) is 2.11. The van der Waals surface area contributed by atoms with Crippen LogP contribution in [0.25, 0.3) is 0 Å². The summed E-state index contributed by atoms with van der Waals surface area (Å²) in [5, 5.41) is 6.86. The van der Waals surface area contributed by atoms with E-state index < -0.39 is 0 Å². The van der Waals surface area contributed by atoms with Gasteiger partial charge in [0.1, 0.15) is 5.75 Å². The largest absolute Gasteiger partial charge is 0.493 e. The number of halogens is 1. The fraction of sp³-hybridized carbons (Fsp3) is 0.533. The highest BCUT2D eigenvalue weighted by molar-refractivity contribution is 6.31. The molecule has 4 nitrogen and oxygen atoms in total. The summed E-state index contributed by atoms with van der Waals surface area (Å²) < 4.78 is 5.70. The van der Waals surface area contributed by atoms with E-state index in [1.165, 1.54) is 0 Å². The van der Waals surface area contributed by atoms with Crippen molar-refractivity contribution in [2.45, 2.75) is 38.8 Å². The van der Waals surface area contributed by atoms with E-state index in [9.17, 15) is 4.79 Å². The minimum Gasteiger partial charge on any atom is -0.493 e. The topological polar surface area (TPSA) is 50.4 Å². The van der Waals surface area contributed by atoms with Gasteiger partial charge in [-0.1, -0.05) is 24.6 Å². The van der Waals surface area contributed by atoms with Gasteiger partial charge < -0.3 is 15.4 Å². The maximum Gasteiger partial charge on any atom is 0.223 e. The van der Waals surface area contributed by atoms with Gasteiger partial charge in [0, 0.05) is 23.2 Å². The Morgan fingerprint density at radius 3 is 2.95 bits per heavy atom. The molecule has 1 aromatic rings. The van der Waals surface area contributed by atoms with Crippen LogP contribution >= 0.6 is 11.6 Å². The molecular formula is C15H21ClN2O2. The second-order valence-corrected chi connectivity index (χ2v) is 5.34. The molecule has 0 heterocycles. The number of benzene rings is 1. The molecule has 1 saturated carbocycles.